The molecule has 0 aromatic carbocycles. The summed E-state index contributed by atoms with van der Waals surface area (Å²) < 4.78 is 0. The summed E-state index contributed by atoms with van der Waals surface area (Å²) in [6.45, 7) is 4.14. The second kappa shape index (κ2) is 8.31. The molecule has 0 unspecified atom stereocenters. The topological polar surface area (TPSA) is 75.4 Å². The van der Waals surface area contributed by atoms with E-state index in [4.69, 9.17) is 5.73 Å². The van der Waals surface area contributed by atoms with Crippen LogP contribution >= 0.6 is 12.4 Å². The SMILES string of the molecule is CN(C)C(=O)CCCC(=O)NC(C)(C)CN.Cl. The van der Waals surface area contributed by atoms with Crippen molar-refractivity contribution < 1.29 is 9.59 Å². The molecule has 0 aromatic heterocycles. The molecule has 0 spiro atoms. The highest BCUT2D eigenvalue weighted by molar-refractivity contribution is 5.85. The van der Waals surface area contributed by atoms with Gasteiger partial charge in [0.2, 0.25) is 11.8 Å². The Hall–Kier alpha value is -0.810. The highest BCUT2D eigenvalue weighted by atomic mass is 35.5. The Morgan fingerprint density at radius 3 is 2.18 bits per heavy atom. The van der Waals surface area contributed by atoms with Gasteiger partial charge in [0, 0.05) is 39.0 Å². The summed E-state index contributed by atoms with van der Waals surface area (Å²) in [5, 5.41) is 2.82. The first-order valence-electron chi connectivity index (χ1n) is 5.50. The van der Waals surface area contributed by atoms with E-state index < -0.39 is 0 Å². The average molecular weight is 266 g/mol. The molecule has 5 nitrogen and oxygen atoms in total. The summed E-state index contributed by atoms with van der Waals surface area (Å²) in [5.41, 5.74) is 5.12. The van der Waals surface area contributed by atoms with Gasteiger partial charge in [-0.15, -0.1) is 12.4 Å². The summed E-state index contributed by atoms with van der Waals surface area (Å²) >= 11 is 0. The van der Waals surface area contributed by atoms with E-state index in [-0.39, 0.29) is 29.8 Å². The highest BCUT2D eigenvalue weighted by Crippen LogP contribution is 2.02. The van der Waals surface area contributed by atoms with Crippen LogP contribution in [0.2, 0.25) is 0 Å². The molecule has 0 saturated heterocycles. The molecule has 0 aromatic rings. The van der Waals surface area contributed by atoms with Gasteiger partial charge in [-0.05, 0) is 20.3 Å². The number of rotatable bonds is 6. The third kappa shape index (κ3) is 8.94. The van der Waals surface area contributed by atoms with E-state index in [2.05, 4.69) is 5.32 Å². The monoisotopic (exact) mass is 265 g/mol. The Bertz CT molecular complexity index is 255. The summed E-state index contributed by atoms with van der Waals surface area (Å²) in [5.74, 6) is -0.00658. The fraction of sp³-hybridized carbons (Fsp3) is 0.818. The van der Waals surface area contributed by atoms with Gasteiger partial charge in [-0.3, -0.25) is 9.59 Å². The minimum absolute atomic E-state index is 0. The van der Waals surface area contributed by atoms with Crippen LogP contribution in [-0.2, 0) is 9.59 Å². The van der Waals surface area contributed by atoms with Crippen molar-refractivity contribution in [1.82, 2.24) is 10.2 Å². The van der Waals surface area contributed by atoms with Crippen LogP contribution in [0.1, 0.15) is 33.1 Å². The van der Waals surface area contributed by atoms with Crippen LogP contribution in [0.4, 0.5) is 0 Å². The molecule has 0 aliphatic carbocycles. The predicted molar refractivity (Wildman–Crippen MR) is 71.1 cm³/mol. The number of nitrogens with two attached hydrogens (primary N) is 1. The minimum Gasteiger partial charge on any atom is -0.350 e. The van der Waals surface area contributed by atoms with Crippen LogP contribution in [0.5, 0.6) is 0 Å². The lowest BCUT2D eigenvalue weighted by Gasteiger charge is -2.24. The van der Waals surface area contributed by atoms with Crippen molar-refractivity contribution in [3.05, 3.63) is 0 Å². The molecule has 0 saturated carbocycles. The van der Waals surface area contributed by atoms with Gasteiger partial charge in [0.25, 0.3) is 0 Å². The number of amides is 2. The fourth-order valence-corrected chi connectivity index (χ4v) is 1.11. The zero-order chi connectivity index (χ0) is 12.8. The molecule has 6 heteroatoms. The van der Waals surface area contributed by atoms with E-state index in [9.17, 15) is 9.59 Å². The van der Waals surface area contributed by atoms with Crippen molar-refractivity contribution in [3.8, 4) is 0 Å². The Balaban J connectivity index is 0. The van der Waals surface area contributed by atoms with Gasteiger partial charge in [-0.25, -0.2) is 0 Å². The van der Waals surface area contributed by atoms with Gasteiger partial charge in [-0.1, -0.05) is 0 Å². The van der Waals surface area contributed by atoms with Crippen LogP contribution in [-0.4, -0.2) is 42.9 Å². The molecule has 0 aliphatic heterocycles. The second-order valence-electron chi connectivity index (χ2n) is 4.78. The van der Waals surface area contributed by atoms with Gasteiger partial charge in [0.1, 0.15) is 0 Å². The number of nitrogens with one attached hydrogen (secondary N) is 1. The standard InChI is InChI=1S/C11H23N3O2.ClH/c1-11(2,8-12)13-9(15)6-5-7-10(16)14(3)4;/h5-8,12H2,1-4H3,(H,13,15);1H. The molecule has 0 heterocycles. The largest absolute Gasteiger partial charge is 0.350 e. The van der Waals surface area contributed by atoms with Gasteiger partial charge in [0.15, 0.2) is 0 Å². The zero-order valence-electron chi connectivity index (χ0n) is 11.1. The Morgan fingerprint density at radius 2 is 1.76 bits per heavy atom. The third-order valence-corrected chi connectivity index (χ3v) is 2.28. The summed E-state index contributed by atoms with van der Waals surface area (Å²) in [7, 11) is 3.42. The molecule has 0 rings (SSSR count). The van der Waals surface area contributed by atoms with Crippen LogP contribution < -0.4 is 11.1 Å². The average Bonchev–Trinajstić information content (AvgIpc) is 2.16. The number of hydrogen-bond donors (Lipinski definition) is 2. The fourth-order valence-electron chi connectivity index (χ4n) is 1.11. The molecular formula is C11H24ClN3O2. The van der Waals surface area contributed by atoms with Gasteiger partial charge in [-0.2, -0.15) is 0 Å². The summed E-state index contributed by atoms with van der Waals surface area (Å²) in [6.07, 6.45) is 1.34. The third-order valence-electron chi connectivity index (χ3n) is 2.28. The van der Waals surface area contributed by atoms with E-state index in [1.807, 2.05) is 13.8 Å². The predicted octanol–water partition coefficient (Wildman–Crippen LogP) is 0.520. The van der Waals surface area contributed by atoms with E-state index >= 15 is 0 Å². The Morgan fingerprint density at radius 1 is 1.24 bits per heavy atom. The van der Waals surface area contributed by atoms with Gasteiger partial charge in [0.05, 0.1) is 0 Å². The lowest BCUT2D eigenvalue weighted by molar-refractivity contribution is -0.129. The Kier molecular flexibility index (Phi) is 9.06. The summed E-state index contributed by atoms with van der Waals surface area (Å²) in [4.78, 5) is 24.2. The summed E-state index contributed by atoms with van der Waals surface area (Å²) in [6, 6.07) is 0. The lowest BCUT2D eigenvalue weighted by Crippen LogP contribution is -2.48. The van der Waals surface area contributed by atoms with E-state index in [0.29, 0.717) is 25.8 Å². The molecule has 0 atom stereocenters. The lowest BCUT2D eigenvalue weighted by atomic mass is 10.1. The van der Waals surface area contributed by atoms with Crippen LogP contribution in [0.3, 0.4) is 0 Å². The van der Waals surface area contributed by atoms with Gasteiger partial charge >= 0.3 is 0 Å². The smallest absolute Gasteiger partial charge is 0.222 e. The number of halogens is 1. The number of hydrogen-bond acceptors (Lipinski definition) is 3. The maximum absolute atomic E-state index is 11.5. The van der Waals surface area contributed by atoms with Crippen molar-refractivity contribution in [2.45, 2.75) is 38.6 Å². The molecule has 0 radical (unpaired) electrons. The van der Waals surface area contributed by atoms with E-state index in [1.54, 1.807) is 14.1 Å². The van der Waals surface area contributed by atoms with Crippen LogP contribution in [0.25, 0.3) is 0 Å². The molecule has 0 fully saturated rings. The minimum atomic E-state index is -0.372. The van der Waals surface area contributed by atoms with E-state index in [1.165, 1.54) is 4.90 Å². The molecule has 3 N–H and O–H groups in total. The van der Waals surface area contributed by atoms with Crippen molar-refractivity contribution in [3.63, 3.8) is 0 Å². The first-order valence-corrected chi connectivity index (χ1v) is 5.50. The quantitative estimate of drug-likeness (QED) is 0.735. The molecule has 17 heavy (non-hydrogen) atoms. The first kappa shape index (κ1) is 18.6. The van der Waals surface area contributed by atoms with E-state index in [0.717, 1.165) is 0 Å². The van der Waals surface area contributed by atoms with Crippen molar-refractivity contribution >= 4 is 24.2 Å². The highest BCUT2D eigenvalue weighted by Gasteiger charge is 2.17. The van der Waals surface area contributed by atoms with Crippen molar-refractivity contribution in [2.24, 2.45) is 5.73 Å². The molecular weight excluding hydrogens is 242 g/mol. The van der Waals surface area contributed by atoms with Crippen LogP contribution in [0.15, 0.2) is 0 Å². The maximum atomic E-state index is 11.5. The van der Waals surface area contributed by atoms with Crippen molar-refractivity contribution in [2.75, 3.05) is 20.6 Å². The molecule has 0 bridgehead atoms. The molecule has 102 valence electrons. The molecule has 2 amide bonds. The number of carbonyl (C=O) groups excluding carboxylic acids is 2. The van der Waals surface area contributed by atoms with Crippen molar-refractivity contribution in [1.29, 1.82) is 0 Å². The maximum Gasteiger partial charge on any atom is 0.222 e. The normalized spacial score (nSPS) is 10.4. The van der Waals surface area contributed by atoms with Gasteiger partial charge < -0.3 is 16.0 Å². The molecule has 0 aliphatic rings. The Labute approximate surface area is 110 Å². The van der Waals surface area contributed by atoms with Crippen LogP contribution in [0, 0.1) is 0 Å². The zero-order valence-corrected chi connectivity index (χ0v) is 11.9. The first-order chi connectivity index (χ1) is 7.28. The second-order valence-corrected chi connectivity index (χ2v) is 4.78. The number of carbonyl (C=O) groups is 2. The number of nitrogens with zero attached hydrogens (tertiary/aromatic N) is 1.